The Balaban J connectivity index is 1.21. The quantitative estimate of drug-likeness (QED) is 0.198. The number of benzene rings is 7. The Labute approximate surface area is 299 Å². The molecular weight excluding hydrogens is 639 g/mol. The van der Waals surface area contributed by atoms with E-state index in [9.17, 15) is 20.7 Å². The van der Waals surface area contributed by atoms with E-state index in [4.69, 9.17) is 0 Å². The standard InChI is InChI=1S/C46H27N5O/c47-27-29-9-13-33(14-10-29)35-19-23-41-39(25-35)40-26-36(34-15-11-30(28-48)12-16-34)20-24-42(40)51(41)43-8-4-7-38-44(43)46(52)50(45(38)49)37-21-17-32(18-22-37)31-5-2-1-3-6-31/h1-26,49H. The van der Waals surface area contributed by atoms with Gasteiger partial charge in [-0.1, -0.05) is 91.0 Å². The summed E-state index contributed by atoms with van der Waals surface area (Å²) in [7, 11) is 0. The largest absolute Gasteiger partial charge is 0.308 e. The van der Waals surface area contributed by atoms with Crippen molar-refractivity contribution in [1.29, 1.82) is 15.9 Å². The van der Waals surface area contributed by atoms with Crippen LogP contribution in [0.25, 0.3) is 60.9 Å². The predicted octanol–water partition coefficient (Wildman–Crippen LogP) is 10.5. The first-order valence-corrected chi connectivity index (χ1v) is 16.8. The van der Waals surface area contributed by atoms with E-state index in [0.29, 0.717) is 33.6 Å². The van der Waals surface area contributed by atoms with Gasteiger partial charge in [0.2, 0.25) is 0 Å². The van der Waals surface area contributed by atoms with Gasteiger partial charge >= 0.3 is 0 Å². The molecule has 0 spiro atoms. The molecular formula is C46H27N5O. The molecule has 0 saturated carbocycles. The minimum Gasteiger partial charge on any atom is -0.308 e. The lowest BCUT2D eigenvalue weighted by Crippen LogP contribution is -2.29. The van der Waals surface area contributed by atoms with Crippen molar-refractivity contribution in [3.8, 4) is 51.2 Å². The Hall–Kier alpha value is -7.54. The summed E-state index contributed by atoms with van der Waals surface area (Å²) in [6.07, 6.45) is 0. The smallest absolute Gasteiger partial charge is 0.266 e. The maximum Gasteiger partial charge on any atom is 0.266 e. The van der Waals surface area contributed by atoms with Crippen LogP contribution in [0.2, 0.25) is 0 Å². The predicted molar refractivity (Wildman–Crippen MR) is 207 cm³/mol. The summed E-state index contributed by atoms with van der Waals surface area (Å²) in [6.45, 7) is 0. The van der Waals surface area contributed by atoms with E-state index >= 15 is 0 Å². The number of carbonyl (C=O) groups excluding carboxylic acids is 1. The maximum atomic E-state index is 14.5. The van der Waals surface area contributed by atoms with Gasteiger partial charge in [0.1, 0.15) is 5.84 Å². The fourth-order valence-electron chi connectivity index (χ4n) is 7.28. The van der Waals surface area contributed by atoms with Crippen LogP contribution < -0.4 is 4.90 Å². The van der Waals surface area contributed by atoms with E-state index in [1.54, 1.807) is 0 Å². The van der Waals surface area contributed by atoms with Crippen LogP contribution in [0.1, 0.15) is 27.0 Å². The van der Waals surface area contributed by atoms with E-state index in [-0.39, 0.29) is 11.7 Å². The van der Waals surface area contributed by atoms with Crippen LogP contribution in [0, 0.1) is 28.1 Å². The second-order valence-electron chi connectivity index (χ2n) is 12.8. The summed E-state index contributed by atoms with van der Waals surface area (Å²) >= 11 is 0. The molecule has 7 aromatic carbocycles. The summed E-state index contributed by atoms with van der Waals surface area (Å²) in [5.74, 6) is -0.109. The molecule has 0 atom stereocenters. The van der Waals surface area contributed by atoms with Gasteiger partial charge < -0.3 is 4.57 Å². The first-order chi connectivity index (χ1) is 25.5. The average molecular weight is 666 g/mol. The van der Waals surface area contributed by atoms with Crippen LogP contribution >= 0.6 is 0 Å². The zero-order valence-corrected chi connectivity index (χ0v) is 27.7. The second kappa shape index (κ2) is 12.1. The molecule has 242 valence electrons. The number of fused-ring (bicyclic) bond motifs is 4. The molecule has 9 rings (SSSR count). The fraction of sp³-hybridized carbons (Fsp3) is 0. The molecule has 6 heteroatoms. The molecule has 1 N–H and O–H groups in total. The molecule has 1 aliphatic heterocycles. The van der Waals surface area contributed by atoms with E-state index in [1.807, 2.05) is 121 Å². The lowest BCUT2D eigenvalue weighted by Gasteiger charge is -2.17. The van der Waals surface area contributed by atoms with Crippen molar-refractivity contribution in [2.75, 3.05) is 4.90 Å². The molecule has 0 radical (unpaired) electrons. The number of anilines is 1. The molecule has 6 nitrogen and oxygen atoms in total. The Bertz CT molecular complexity index is 2700. The average Bonchev–Trinajstić information content (AvgIpc) is 3.67. The van der Waals surface area contributed by atoms with E-state index in [0.717, 1.165) is 55.2 Å². The van der Waals surface area contributed by atoms with Crippen LogP contribution in [0.15, 0.2) is 158 Å². The van der Waals surface area contributed by atoms with Gasteiger partial charge in [0.15, 0.2) is 0 Å². The highest BCUT2D eigenvalue weighted by Gasteiger charge is 2.37. The highest BCUT2D eigenvalue weighted by atomic mass is 16.2. The minimum absolute atomic E-state index is 0.140. The van der Waals surface area contributed by atoms with E-state index in [2.05, 4.69) is 53.1 Å². The highest BCUT2D eigenvalue weighted by Crippen LogP contribution is 2.40. The van der Waals surface area contributed by atoms with Crippen LogP contribution in [0.5, 0.6) is 0 Å². The summed E-state index contributed by atoms with van der Waals surface area (Å²) in [6, 6.07) is 55.6. The van der Waals surface area contributed by atoms with Crippen LogP contribution in [-0.4, -0.2) is 16.3 Å². The Morgan fingerprint density at radius 3 is 1.52 bits per heavy atom. The third-order valence-corrected chi connectivity index (χ3v) is 9.87. The van der Waals surface area contributed by atoms with Gasteiger partial charge in [-0.3, -0.25) is 15.1 Å². The van der Waals surface area contributed by atoms with Crippen molar-refractivity contribution in [3.05, 3.63) is 180 Å². The molecule has 8 aromatic rings. The van der Waals surface area contributed by atoms with Gasteiger partial charge in [-0.15, -0.1) is 0 Å². The summed E-state index contributed by atoms with van der Waals surface area (Å²) in [5.41, 5.74) is 11.5. The second-order valence-corrected chi connectivity index (χ2v) is 12.8. The van der Waals surface area contributed by atoms with Crippen molar-refractivity contribution in [1.82, 2.24) is 4.57 Å². The molecule has 2 heterocycles. The van der Waals surface area contributed by atoms with Crippen molar-refractivity contribution >= 4 is 39.2 Å². The first kappa shape index (κ1) is 30.5. The van der Waals surface area contributed by atoms with Gasteiger partial charge in [-0.2, -0.15) is 10.5 Å². The monoisotopic (exact) mass is 665 g/mol. The number of nitrogens with zero attached hydrogens (tertiary/aromatic N) is 4. The maximum absolute atomic E-state index is 14.5. The number of aromatic nitrogens is 1. The van der Waals surface area contributed by atoms with Gasteiger partial charge in [0, 0.05) is 16.3 Å². The number of hydrogen-bond acceptors (Lipinski definition) is 4. The van der Waals surface area contributed by atoms with Crippen molar-refractivity contribution in [2.45, 2.75) is 0 Å². The van der Waals surface area contributed by atoms with Gasteiger partial charge in [0.25, 0.3) is 5.91 Å². The number of carbonyl (C=O) groups is 1. The lowest BCUT2D eigenvalue weighted by molar-refractivity contribution is 0.101. The molecule has 1 amide bonds. The number of amides is 1. The molecule has 0 aliphatic carbocycles. The molecule has 0 unspecified atom stereocenters. The number of amidine groups is 1. The number of rotatable bonds is 5. The third-order valence-electron chi connectivity index (χ3n) is 9.87. The molecule has 1 aliphatic rings. The number of nitriles is 2. The molecule has 52 heavy (non-hydrogen) atoms. The number of hydrogen-bond donors (Lipinski definition) is 1. The zero-order valence-electron chi connectivity index (χ0n) is 27.7. The Morgan fingerprint density at radius 1 is 0.500 bits per heavy atom. The van der Waals surface area contributed by atoms with Gasteiger partial charge in [0.05, 0.1) is 51.2 Å². The van der Waals surface area contributed by atoms with Gasteiger partial charge in [-0.25, -0.2) is 0 Å². The molecule has 0 fully saturated rings. The minimum atomic E-state index is -0.249. The SMILES string of the molecule is N#Cc1ccc(-c2ccc3c(c2)c2cc(-c4ccc(C#N)cc4)ccc2n3-c2cccc3c2C(=O)N(c2ccc(-c4ccccc4)cc2)C3=N)cc1. The van der Waals surface area contributed by atoms with Crippen molar-refractivity contribution < 1.29 is 4.79 Å². The third kappa shape index (κ3) is 4.87. The zero-order chi connectivity index (χ0) is 35.3. The normalized spacial score (nSPS) is 12.2. The highest BCUT2D eigenvalue weighted by molar-refractivity contribution is 6.36. The Morgan fingerprint density at radius 2 is 0.981 bits per heavy atom. The van der Waals surface area contributed by atoms with Crippen LogP contribution in [-0.2, 0) is 0 Å². The molecule has 0 saturated heterocycles. The Kier molecular flexibility index (Phi) is 7.10. The number of nitrogens with one attached hydrogen (secondary N) is 1. The van der Waals surface area contributed by atoms with E-state index in [1.165, 1.54) is 4.90 Å². The lowest BCUT2D eigenvalue weighted by atomic mass is 9.99. The van der Waals surface area contributed by atoms with Crippen LogP contribution in [0.4, 0.5) is 5.69 Å². The molecule has 0 bridgehead atoms. The van der Waals surface area contributed by atoms with E-state index < -0.39 is 0 Å². The molecule has 1 aromatic heterocycles. The van der Waals surface area contributed by atoms with Crippen molar-refractivity contribution in [2.24, 2.45) is 0 Å². The summed E-state index contributed by atoms with van der Waals surface area (Å²) in [5, 5.41) is 29.9. The fourth-order valence-corrected chi connectivity index (χ4v) is 7.28. The van der Waals surface area contributed by atoms with Gasteiger partial charge in [-0.05, 0) is 100 Å². The summed E-state index contributed by atoms with van der Waals surface area (Å²) < 4.78 is 2.13. The first-order valence-electron chi connectivity index (χ1n) is 16.8. The topological polar surface area (TPSA) is 96.7 Å². The van der Waals surface area contributed by atoms with Crippen LogP contribution in [0.3, 0.4) is 0 Å². The van der Waals surface area contributed by atoms with Crippen molar-refractivity contribution in [3.63, 3.8) is 0 Å². The summed E-state index contributed by atoms with van der Waals surface area (Å²) in [4.78, 5) is 15.9.